The SMILES string of the molecule is COc1cc(OC)cc(C(=O)N2CCC(C(=O)NC(C)(CN)C(C)C)CC2)c1. The number of methoxy groups -OCH3 is 2. The number of nitrogens with two attached hydrogens (primary N) is 1. The van der Waals surface area contributed by atoms with Gasteiger partial charge in [-0.15, -0.1) is 0 Å². The van der Waals surface area contributed by atoms with Gasteiger partial charge in [0.1, 0.15) is 11.5 Å². The Labute approximate surface area is 167 Å². The second-order valence-corrected chi connectivity index (χ2v) is 7.93. The topological polar surface area (TPSA) is 93.9 Å². The van der Waals surface area contributed by atoms with Crippen LogP contribution in [0.1, 0.15) is 44.0 Å². The molecule has 1 aromatic carbocycles. The molecule has 1 heterocycles. The smallest absolute Gasteiger partial charge is 0.254 e. The van der Waals surface area contributed by atoms with Crippen molar-refractivity contribution in [3.8, 4) is 11.5 Å². The third-order valence-electron chi connectivity index (χ3n) is 5.86. The van der Waals surface area contributed by atoms with Crippen LogP contribution in [-0.4, -0.2) is 56.1 Å². The predicted molar refractivity (Wildman–Crippen MR) is 109 cm³/mol. The van der Waals surface area contributed by atoms with E-state index in [2.05, 4.69) is 19.2 Å². The van der Waals surface area contributed by atoms with Crippen LogP contribution < -0.4 is 20.5 Å². The lowest BCUT2D eigenvalue weighted by molar-refractivity contribution is -0.128. The van der Waals surface area contributed by atoms with E-state index < -0.39 is 5.54 Å². The van der Waals surface area contributed by atoms with Gasteiger partial charge in [0.25, 0.3) is 5.91 Å². The van der Waals surface area contributed by atoms with Gasteiger partial charge >= 0.3 is 0 Å². The zero-order valence-corrected chi connectivity index (χ0v) is 17.6. The van der Waals surface area contributed by atoms with Crippen molar-refractivity contribution in [1.29, 1.82) is 0 Å². The van der Waals surface area contributed by atoms with E-state index in [4.69, 9.17) is 15.2 Å². The van der Waals surface area contributed by atoms with E-state index >= 15 is 0 Å². The van der Waals surface area contributed by atoms with Crippen molar-refractivity contribution in [2.75, 3.05) is 33.9 Å². The summed E-state index contributed by atoms with van der Waals surface area (Å²) in [5.41, 5.74) is 5.98. The first-order valence-electron chi connectivity index (χ1n) is 9.78. The number of ether oxygens (including phenoxy) is 2. The van der Waals surface area contributed by atoms with Crippen LogP contribution in [-0.2, 0) is 4.79 Å². The van der Waals surface area contributed by atoms with Crippen LogP contribution in [0, 0.1) is 11.8 Å². The average molecular weight is 392 g/mol. The van der Waals surface area contributed by atoms with E-state index in [1.165, 1.54) is 0 Å². The number of benzene rings is 1. The molecule has 1 atom stereocenters. The van der Waals surface area contributed by atoms with Crippen LogP contribution in [0.5, 0.6) is 11.5 Å². The molecule has 1 unspecified atom stereocenters. The van der Waals surface area contributed by atoms with Crippen LogP contribution in [0.25, 0.3) is 0 Å². The van der Waals surface area contributed by atoms with Crippen molar-refractivity contribution in [3.05, 3.63) is 23.8 Å². The van der Waals surface area contributed by atoms with Gasteiger partial charge in [-0.2, -0.15) is 0 Å². The molecule has 7 heteroatoms. The van der Waals surface area contributed by atoms with E-state index in [9.17, 15) is 9.59 Å². The summed E-state index contributed by atoms with van der Waals surface area (Å²) in [6.07, 6.45) is 1.27. The first kappa shape index (κ1) is 22.0. The average Bonchev–Trinajstić information content (AvgIpc) is 2.72. The number of hydrogen-bond acceptors (Lipinski definition) is 5. The number of piperidine rings is 1. The minimum absolute atomic E-state index is 0.0248. The van der Waals surface area contributed by atoms with Crippen LogP contribution in [0.15, 0.2) is 18.2 Å². The molecule has 156 valence electrons. The predicted octanol–water partition coefficient (Wildman–Crippen LogP) is 2.05. The Hall–Kier alpha value is -2.28. The molecule has 1 aromatic rings. The minimum atomic E-state index is -0.415. The van der Waals surface area contributed by atoms with Crippen LogP contribution in [0.2, 0.25) is 0 Å². The maximum absolute atomic E-state index is 12.9. The van der Waals surface area contributed by atoms with Gasteiger partial charge in [-0.3, -0.25) is 9.59 Å². The summed E-state index contributed by atoms with van der Waals surface area (Å²) in [4.78, 5) is 27.3. The van der Waals surface area contributed by atoms with Crippen molar-refractivity contribution >= 4 is 11.8 Å². The van der Waals surface area contributed by atoms with Crippen molar-refractivity contribution in [2.45, 2.75) is 39.2 Å². The summed E-state index contributed by atoms with van der Waals surface area (Å²) >= 11 is 0. The monoisotopic (exact) mass is 391 g/mol. The van der Waals surface area contributed by atoms with Gasteiger partial charge in [-0.1, -0.05) is 13.8 Å². The van der Waals surface area contributed by atoms with Gasteiger partial charge in [0.2, 0.25) is 5.91 Å². The second-order valence-electron chi connectivity index (χ2n) is 7.93. The number of carbonyl (C=O) groups excluding carboxylic acids is 2. The number of nitrogens with zero attached hydrogens (tertiary/aromatic N) is 1. The van der Waals surface area contributed by atoms with E-state index in [1.54, 1.807) is 37.3 Å². The summed E-state index contributed by atoms with van der Waals surface area (Å²) in [6, 6.07) is 5.15. The Balaban J connectivity index is 2.00. The molecule has 28 heavy (non-hydrogen) atoms. The molecule has 0 saturated carbocycles. The molecule has 1 saturated heterocycles. The lowest BCUT2D eigenvalue weighted by atomic mass is 9.86. The standard InChI is InChI=1S/C21H33N3O4/c1-14(2)21(3,13-22)23-19(25)15-6-8-24(9-7-15)20(26)16-10-17(27-4)12-18(11-16)28-5/h10-12,14-15H,6-9,13,22H2,1-5H3,(H,23,25). The van der Waals surface area contributed by atoms with E-state index in [1.807, 2.05) is 6.92 Å². The molecule has 0 spiro atoms. The van der Waals surface area contributed by atoms with Gasteiger partial charge in [-0.25, -0.2) is 0 Å². The maximum atomic E-state index is 12.9. The Bertz CT molecular complexity index is 677. The summed E-state index contributed by atoms with van der Waals surface area (Å²) in [7, 11) is 3.11. The number of hydrogen-bond donors (Lipinski definition) is 2. The summed E-state index contributed by atoms with van der Waals surface area (Å²) in [5.74, 6) is 1.24. The molecule has 1 aliphatic rings. The summed E-state index contributed by atoms with van der Waals surface area (Å²) < 4.78 is 10.5. The lowest BCUT2D eigenvalue weighted by Crippen LogP contribution is -2.57. The fraction of sp³-hybridized carbons (Fsp3) is 0.619. The number of carbonyl (C=O) groups is 2. The molecule has 2 amide bonds. The molecule has 0 bridgehead atoms. The molecule has 1 fully saturated rings. The molecular formula is C21H33N3O4. The maximum Gasteiger partial charge on any atom is 0.254 e. The Morgan fingerprint density at radius 1 is 1.18 bits per heavy atom. The molecule has 0 aromatic heterocycles. The molecule has 0 radical (unpaired) electrons. The molecule has 0 aliphatic carbocycles. The fourth-order valence-corrected chi connectivity index (χ4v) is 3.27. The summed E-state index contributed by atoms with van der Waals surface area (Å²) in [5, 5.41) is 3.12. The third-order valence-corrected chi connectivity index (χ3v) is 5.86. The van der Waals surface area contributed by atoms with Crippen LogP contribution >= 0.6 is 0 Å². The number of amides is 2. The summed E-state index contributed by atoms with van der Waals surface area (Å²) in [6.45, 7) is 7.55. The Morgan fingerprint density at radius 2 is 1.71 bits per heavy atom. The Morgan fingerprint density at radius 3 is 2.14 bits per heavy atom. The third kappa shape index (κ3) is 4.95. The largest absolute Gasteiger partial charge is 0.497 e. The molecule has 7 nitrogen and oxygen atoms in total. The van der Waals surface area contributed by atoms with Crippen LogP contribution in [0.3, 0.4) is 0 Å². The number of likely N-dealkylation sites (tertiary alicyclic amines) is 1. The van der Waals surface area contributed by atoms with Gasteiger partial charge in [0.15, 0.2) is 0 Å². The molecule has 3 N–H and O–H groups in total. The first-order valence-corrected chi connectivity index (χ1v) is 9.78. The van der Waals surface area contributed by atoms with Gasteiger partial charge in [0, 0.05) is 37.2 Å². The second kappa shape index (κ2) is 9.28. The normalized spacial score (nSPS) is 17.2. The highest BCUT2D eigenvalue weighted by molar-refractivity contribution is 5.95. The number of rotatable bonds is 7. The van der Waals surface area contributed by atoms with Gasteiger partial charge in [-0.05, 0) is 37.8 Å². The van der Waals surface area contributed by atoms with Crippen LogP contribution in [0.4, 0.5) is 0 Å². The van der Waals surface area contributed by atoms with Gasteiger partial charge in [0.05, 0.1) is 19.8 Å². The molecular weight excluding hydrogens is 358 g/mol. The zero-order chi connectivity index (χ0) is 20.9. The van der Waals surface area contributed by atoms with Crippen molar-refractivity contribution in [3.63, 3.8) is 0 Å². The van der Waals surface area contributed by atoms with Crippen molar-refractivity contribution in [1.82, 2.24) is 10.2 Å². The molecule has 2 rings (SSSR count). The minimum Gasteiger partial charge on any atom is -0.497 e. The quantitative estimate of drug-likeness (QED) is 0.742. The zero-order valence-electron chi connectivity index (χ0n) is 17.6. The number of nitrogens with one attached hydrogen (secondary N) is 1. The van der Waals surface area contributed by atoms with Crippen molar-refractivity contribution in [2.24, 2.45) is 17.6 Å². The highest BCUT2D eigenvalue weighted by Gasteiger charge is 2.33. The van der Waals surface area contributed by atoms with Gasteiger partial charge < -0.3 is 25.4 Å². The van der Waals surface area contributed by atoms with Crippen molar-refractivity contribution < 1.29 is 19.1 Å². The fourth-order valence-electron chi connectivity index (χ4n) is 3.27. The van der Waals surface area contributed by atoms with E-state index in [-0.39, 0.29) is 23.7 Å². The molecule has 1 aliphatic heterocycles. The van der Waals surface area contributed by atoms with E-state index in [0.717, 1.165) is 0 Å². The highest BCUT2D eigenvalue weighted by Crippen LogP contribution is 2.26. The Kier molecular flexibility index (Phi) is 7.29. The lowest BCUT2D eigenvalue weighted by Gasteiger charge is -2.37. The first-order chi connectivity index (χ1) is 13.2. The highest BCUT2D eigenvalue weighted by atomic mass is 16.5. The van der Waals surface area contributed by atoms with E-state index in [0.29, 0.717) is 49.5 Å².